The molecule has 0 aliphatic carbocycles. The molecule has 2 aromatic heterocycles. The molecule has 2 aromatic carbocycles. The van der Waals surface area contributed by atoms with Crippen LogP contribution < -0.4 is 11.6 Å². The predicted octanol–water partition coefficient (Wildman–Crippen LogP) is 3.54. The molecule has 0 amide bonds. The third-order valence-corrected chi connectivity index (χ3v) is 5.19. The van der Waals surface area contributed by atoms with Crippen molar-refractivity contribution in [2.75, 3.05) is 0 Å². The molecule has 0 atom stereocenters. The smallest absolute Gasteiger partial charge is 0.148 e. The fraction of sp³-hybridized carbons (Fsp3) is 0. The molecular formula is C19H16N6S. The van der Waals surface area contributed by atoms with Gasteiger partial charge in [0.25, 0.3) is 0 Å². The summed E-state index contributed by atoms with van der Waals surface area (Å²) in [5.41, 5.74) is 10.1. The zero-order valence-corrected chi connectivity index (χ0v) is 14.5. The Balaban J connectivity index is 1.67. The number of aromatic amines is 1. The predicted molar refractivity (Wildman–Crippen MR) is 108 cm³/mol. The summed E-state index contributed by atoms with van der Waals surface area (Å²) in [5.74, 6) is 6.03. The van der Waals surface area contributed by atoms with Gasteiger partial charge >= 0.3 is 0 Å². The lowest BCUT2D eigenvalue weighted by molar-refractivity contribution is 1.26. The van der Waals surface area contributed by atoms with E-state index in [1.807, 2.05) is 36.4 Å². The molecule has 0 saturated heterocycles. The van der Waals surface area contributed by atoms with Gasteiger partial charge in [-0.05, 0) is 41.5 Å². The topological polar surface area (TPSA) is 117 Å². The summed E-state index contributed by atoms with van der Waals surface area (Å²) < 4.78 is 0. The average Bonchev–Trinajstić information content (AvgIpc) is 3.29. The highest BCUT2D eigenvalue weighted by atomic mass is 32.1. The van der Waals surface area contributed by atoms with Crippen molar-refractivity contribution in [1.82, 2.24) is 9.97 Å². The van der Waals surface area contributed by atoms with Gasteiger partial charge < -0.3 is 16.6 Å². The van der Waals surface area contributed by atoms with Crippen LogP contribution >= 0.6 is 11.3 Å². The van der Waals surface area contributed by atoms with E-state index >= 15 is 0 Å². The minimum absolute atomic E-state index is 0.0459. The molecule has 0 aliphatic heterocycles. The molecule has 0 radical (unpaired) electrons. The fourth-order valence-corrected chi connectivity index (χ4v) is 3.69. The third-order valence-electron chi connectivity index (χ3n) is 4.05. The number of nitrogens with one attached hydrogen (secondary N) is 2. The number of hydrazone groups is 1. The van der Waals surface area contributed by atoms with Crippen LogP contribution in [0.3, 0.4) is 0 Å². The monoisotopic (exact) mass is 360 g/mol. The molecule has 6 N–H and O–H groups in total. The molecule has 4 aromatic rings. The van der Waals surface area contributed by atoms with E-state index in [9.17, 15) is 0 Å². The number of H-pyrrole nitrogens is 1. The lowest BCUT2D eigenvalue weighted by atomic mass is 10.1. The van der Waals surface area contributed by atoms with E-state index in [2.05, 4.69) is 27.2 Å². The molecule has 0 bridgehead atoms. The van der Waals surface area contributed by atoms with Crippen molar-refractivity contribution >= 4 is 34.4 Å². The van der Waals surface area contributed by atoms with Crippen molar-refractivity contribution in [3.8, 4) is 21.1 Å². The molecule has 0 aliphatic rings. The number of amidine groups is 1. The zero-order chi connectivity index (χ0) is 18.1. The Bertz CT molecular complexity index is 1120. The Morgan fingerprint density at radius 2 is 1.85 bits per heavy atom. The molecule has 0 saturated carbocycles. The summed E-state index contributed by atoms with van der Waals surface area (Å²) in [6.45, 7) is 0. The first-order valence-electron chi connectivity index (χ1n) is 7.92. The van der Waals surface area contributed by atoms with Crippen molar-refractivity contribution < 1.29 is 0 Å². The van der Waals surface area contributed by atoms with Crippen LogP contribution in [0.5, 0.6) is 0 Å². The Morgan fingerprint density at radius 1 is 1.08 bits per heavy atom. The summed E-state index contributed by atoms with van der Waals surface area (Å²) in [6.07, 6.45) is 1.62. The normalized spacial score (nSPS) is 11.4. The number of nitrogens with zero attached hydrogens (tertiary/aromatic N) is 2. The van der Waals surface area contributed by atoms with Crippen molar-refractivity contribution in [2.24, 2.45) is 16.7 Å². The van der Waals surface area contributed by atoms with Gasteiger partial charge in [0.2, 0.25) is 0 Å². The number of fused-ring (bicyclic) bond motifs is 1. The summed E-state index contributed by atoms with van der Waals surface area (Å²) in [5, 5.41) is 11.1. The quantitative estimate of drug-likeness (QED) is 0.193. The van der Waals surface area contributed by atoms with Crippen molar-refractivity contribution in [1.29, 1.82) is 5.41 Å². The van der Waals surface area contributed by atoms with Gasteiger partial charge in [-0.1, -0.05) is 24.3 Å². The van der Waals surface area contributed by atoms with Crippen LogP contribution in [0.15, 0.2) is 59.7 Å². The van der Waals surface area contributed by atoms with Crippen LogP contribution in [0.25, 0.3) is 32.2 Å². The summed E-state index contributed by atoms with van der Waals surface area (Å²) >= 11 is 1.67. The van der Waals surface area contributed by atoms with E-state index in [0.29, 0.717) is 5.56 Å². The van der Waals surface area contributed by atoms with Gasteiger partial charge in [-0.2, -0.15) is 5.10 Å². The van der Waals surface area contributed by atoms with E-state index in [4.69, 9.17) is 17.0 Å². The molecule has 4 rings (SSSR count). The molecule has 0 spiro atoms. The third kappa shape index (κ3) is 2.96. The second-order valence-corrected chi connectivity index (χ2v) is 6.88. The van der Waals surface area contributed by atoms with E-state index in [1.54, 1.807) is 23.6 Å². The van der Waals surface area contributed by atoms with Crippen LogP contribution in [-0.4, -0.2) is 22.0 Å². The second-order valence-electron chi connectivity index (χ2n) is 5.80. The molecular weight excluding hydrogens is 344 g/mol. The number of hydrogen-bond donors (Lipinski definition) is 4. The minimum Gasteiger partial charge on any atom is -0.384 e. The standard InChI is InChI=1S/C19H16N6S/c20-18(21)13-5-6-14-15(9-13)25-19(24-14)17-8-7-16(26-17)12-3-1-11(2-4-12)10-23-22/h1-10H,22H2,(H3,20,21)(H,24,25). The van der Waals surface area contributed by atoms with Gasteiger partial charge in [0, 0.05) is 10.4 Å². The molecule has 128 valence electrons. The van der Waals surface area contributed by atoms with Gasteiger partial charge in [-0.25, -0.2) is 4.98 Å². The number of rotatable bonds is 4. The SMILES string of the molecule is N=C(N)c1ccc2nc(-c3ccc(-c4ccc(C=NN)cc4)s3)[nH]c2c1. The molecule has 2 heterocycles. The molecule has 0 fully saturated rings. The number of thiophene rings is 1. The van der Waals surface area contributed by atoms with Crippen molar-refractivity contribution in [3.05, 3.63) is 65.7 Å². The van der Waals surface area contributed by atoms with E-state index in [1.165, 1.54) is 0 Å². The highest BCUT2D eigenvalue weighted by Gasteiger charge is 2.10. The van der Waals surface area contributed by atoms with Crippen molar-refractivity contribution in [2.45, 2.75) is 0 Å². The van der Waals surface area contributed by atoms with Crippen LogP contribution in [0, 0.1) is 5.41 Å². The summed E-state index contributed by atoms with van der Waals surface area (Å²) in [6, 6.07) is 17.7. The first-order chi connectivity index (χ1) is 12.6. The summed E-state index contributed by atoms with van der Waals surface area (Å²) in [4.78, 5) is 10.2. The Labute approximate surface area is 153 Å². The fourth-order valence-electron chi connectivity index (χ4n) is 2.73. The van der Waals surface area contributed by atoms with Gasteiger partial charge in [-0.15, -0.1) is 11.3 Å². The zero-order valence-electron chi connectivity index (χ0n) is 13.7. The number of imidazole rings is 1. The lowest BCUT2D eigenvalue weighted by Gasteiger charge is -1.98. The average molecular weight is 360 g/mol. The second kappa shape index (κ2) is 6.45. The van der Waals surface area contributed by atoms with E-state index < -0.39 is 0 Å². The number of nitrogens with two attached hydrogens (primary N) is 2. The van der Waals surface area contributed by atoms with Gasteiger partial charge in [-0.3, -0.25) is 5.41 Å². The largest absolute Gasteiger partial charge is 0.384 e. The Morgan fingerprint density at radius 3 is 2.58 bits per heavy atom. The van der Waals surface area contributed by atoms with Crippen molar-refractivity contribution in [3.63, 3.8) is 0 Å². The summed E-state index contributed by atoms with van der Waals surface area (Å²) in [7, 11) is 0. The lowest BCUT2D eigenvalue weighted by Crippen LogP contribution is -2.10. The van der Waals surface area contributed by atoms with Gasteiger partial charge in [0.15, 0.2) is 0 Å². The van der Waals surface area contributed by atoms with Gasteiger partial charge in [0.05, 0.1) is 22.1 Å². The van der Waals surface area contributed by atoms with Crippen LogP contribution in [-0.2, 0) is 0 Å². The maximum Gasteiger partial charge on any atom is 0.148 e. The highest BCUT2D eigenvalue weighted by molar-refractivity contribution is 7.18. The molecule has 0 unspecified atom stereocenters. The van der Waals surface area contributed by atoms with Crippen LogP contribution in [0.1, 0.15) is 11.1 Å². The molecule has 26 heavy (non-hydrogen) atoms. The van der Waals surface area contributed by atoms with E-state index in [-0.39, 0.29) is 5.84 Å². The first-order valence-corrected chi connectivity index (χ1v) is 8.74. The van der Waals surface area contributed by atoms with Crippen LogP contribution in [0.2, 0.25) is 0 Å². The van der Waals surface area contributed by atoms with E-state index in [0.717, 1.165) is 37.7 Å². The minimum atomic E-state index is 0.0459. The Hall–Kier alpha value is -3.45. The van der Waals surface area contributed by atoms with Gasteiger partial charge in [0.1, 0.15) is 11.7 Å². The number of hydrogen-bond acceptors (Lipinski definition) is 5. The maximum absolute atomic E-state index is 7.55. The van der Waals surface area contributed by atoms with Crippen LogP contribution in [0.4, 0.5) is 0 Å². The highest BCUT2D eigenvalue weighted by Crippen LogP contribution is 2.34. The molecule has 7 heteroatoms. The first kappa shape index (κ1) is 16.0. The Kier molecular flexibility index (Phi) is 3.98. The number of nitrogen functional groups attached to an aromatic ring is 1. The number of benzene rings is 2. The molecule has 6 nitrogen and oxygen atoms in total. The number of aromatic nitrogens is 2. The maximum atomic E-state index is 7.55.